The lowest BCUT2D eigenvalue weighted by atomic mass is 9.94. The molecular weight excluding hydrogens is 534 g/mol. The number of para-hydroxylation sites is 2. The van der Waals surface area contributed by atoms with Gasteiger partial charge in [0.1, 0.15) is 5.58 Å². The number of fused-ring (bicyclic) bond motifs is 3. The van der Waals surface area contributed by atoms with Crippen LogP contribution in [0.4, 0.5) is 17.1 Å². The van der Waals surface area contributed by atoms with E-state index in [1.807, 2.05) is 12.1 Å². The number of nitrogens with zero attached hydrogens (tertiary/aromatic N) is 1. The molecule has 1 heterocycles. The average molecular weight is 566 g/mol. The third kappa shape index (κ3) is 4.81. The van der Waals surface area contributed by atoms with Gasteiger partial charge in [-0.2, -0.15) is 0 Å². The number of hydrogen-bond acceptors (Lipinski definition) is 2. The summed E-state index contributed by atoms with van der Waals surface area (Å²) in [6, 6.07) is 51.8. The van der Waals surface area contributed by atoms with Crippen LogP contribution in [0, 0.1) is 0 Å². The maximum absolute atomic E-state index is 6.60. The highest BCUT2D eigenvalue weighted by atomic mass is 16.3. The fourth-order valence-corrected chi connectivity index (χ4v) is 6.30. The van der Waals surface area contributed by atoms with Crippen molar-refractivity contribution in [1.82, 2.24) is 0 Å². The van der Waals surface area contributed by atoms with E-state index in [1.54, 1.807) is 0 Å². The van der Waals surface area contributed by atoms with Crippen molar-refractivity contribution in [2.24, 2.45) is 0 Å². The molecule has 0 spiro atoms. The van der Waals surface area contributed by atoms with Crippen LogP contribution in [0.2, 0.25) is 0 Å². The zero-order valence-electron chi connectivity index (χ0n) is 24.4. The SMILES string of the molecule is C1=CC(c2cc(-c3ccccc3)cc(N(c3ccc(-c4ccccc4)cc3)c3cccc4c3oc3ccccc34)c2)=CCC1. The van der Waals surface area contributed by atoms with E-state index >= 15 is 0 Å². The summed E-state index contributed by atoms with van der Waals surface area (Å²) in [5.41, 5.74) is 12.2. The minimum atomic E-state index is 0.879. The Kier molecular flexibility index (Phi) is 6.66. The van der Waals surface area contributed by atoms with E-state index in [0.29, 0.717) is 0 Å². The summed E-state index contributed by atoms with van der Waals surface area (Å²) in [5, 5.41) is 2.24. The Labute approximate surface area is 257 Å². The summed E-state index contributed by atoms with van der Waals surface area (Å²) >= 11 is 0. The first kappa shape index (κ1) is 26.1. The van der Waals surface area contributed by atoms with Gasteiger partial charge in [-0.15, -0.1) is 0 Å². The van der Waals surface area contributed by atoms with Crippen LogP contribution in [0.3, 0.4) is 0 Å². The maximum Gasteiger partial charge on any atom is 0.159 e. The molecule has 1 aliphatic rings. The standard InChI is InChI=1S/C42H31NO/c1-4-13-30(14-5-1)33-23-25-36(26-24-33)43(40-21-12-20-39-38-19-10-11-22-41(38)44-42(39)40)37-28-34(31-15-6-2-7-16-31)27-35(29-37)32-17-8-3-9-18-32/h1-2,4-8,10-29H,3,9H2. The Morgan fingerprint density at radius 3 is 1.89 bits per heavy atom. The van der Waals surface area contributed by atoms with Gasteiger partial charge < -0.3 is 9.32 Å². The van der Waals surface area contributed by atoms with Crippen molar-refractivity contribution in [1.29, 1.82) is 0 Å². The molecule has 7 aromatic rings. The summed E-state index contributed by atoms with van der Waals surface area (Å²) in [4.78, 5) is 2.35. The number of hydrogen-bond donors (Lipinski definition) is 0. The number of rotatable bonds is 6. The van der Waals surface area contributed by atoms with Crippen LogP contribution in [0.1, 0.15) is 18.4 Å². The molecule has 0 aliphatic heterocycles. The summed E-state index contributed by atoms with van der Waals surface area (Å²) in [6.07, 6.45) is 9.03. The first-order valence-corrected chi connectivity index (χ1v) is 15.3. The van der Waals surface area contributed by atoms with E-state index in [4.69, 9.17) is 4.42 Å². The van der Waals surface area contributed by atoms with Crippen LogP contribution >= 0.6 is 0 Å². The van der Waals surface area contributed by atoms with Crippen molar-refractivity contribution in [3.05, 3.63) is 169 Å². The summed E-state index contributed by atoms with van der Waals surface area (Å²) in [5.74, 6) is 0. The van der Waals surface area contributed by atoms with Gasteiger partial charge in [-0.3, -0.25) is 0 Å². The van der Waals surface area contributed by atoms with Gasteiger partial charge in [0.15, 0.2) is 5.58 Å². The first-order chi connectivity index (χ1) is 21.8. The van der Waals surface area contributed by atoms with Gasteiger partial charge >= 0.3 is 0 Å². The molecule has 1 aliphatic carbocycles. The van der Waals surface area contributed by atoms with E-state index in [1.165, 1.54) is 33.4 Å². The molecule has 0 amide bonds. The third-order valence-corrected chi connectivity index (χ3v) is 8.47. The smallest absolute Gasteiger partial charge is 0.159 e. The lowest BCUT2D eigenvalue weighted by Gasteiger charge is -2.27. The van der Waals surface area contributed by atoms with E-state index < -0.39 is 0 Å². The van der Waals surface area contributed by atoms with Gasteiger partial charge in [0.05, 0.1) is 5.69 Å². The predicted octanol–water partition coefficient (Wildman–Crippen LogP) is 12.1. The average Bonchev–Trinajstić information content (AvgIpc) is 3.49. The van der Waals surface area contributed by atoms with Gasteiger partial charge in [-0.25, -0.2) is 0 Å². The number of anilines is 3. The Morgan fingerprint density at radius 2 is 1.14 bits per heavy atom. The first-order valence-electron chi connectivity index (χ1n) is 15.3. The highest BCUT2D eigenvalue weighted by Gasteiger charge is 2.21. The second-order valence-electron chi connectivity index (χ2n) is 11.3. The zero-order valence-corrected chi connectivity index (χ0v) is 24.4. The van der Waals surface area contributed by atoms with Crippen molar-refractivity contribution >= 4 is 44.6 Å². The molecule has 44 heavy (non-hydrogen) atoms. The second kappa shape index (κ2) is 11.2. The number of furan rings is 1. The highest BCUT2D eigenvalue weighted by molar-refractivity contribution is 6.10. The largest absolute Gasteiger partial charge is 0.454 e. The van der Waals surface area contributed by atoms with Gasteiger partial charge in [-0.05, 0) is 88.7 Å². The molecule has 0 radical (unpaired) electrons. The van der Waals surface area contributed by atoms with Crippen molar-refractivity contribution in [2.75, 3.05) is 4.90 Å². The molecule has 0 atom stereocenters. The van der Waals surface area contributed by atoms with Crippen LogP contribution in [0.15, 0.2) is 168 Å². The van der Waals surface area contributed by atoms with Crippen LogP contribution < -0.4 is 4.90 Å². The van der Waals surface area contributed by atoms with E-state index in [-0.39, 0.29) is 0 Å². The van der Waals surface area contributed by atoms with Gasteiger partial charge in [0.25, 0.3) is 0 Å². The molecule has 0 bridgehead atoms. The number of allylic oxidation sites excluding steroid dienone is 4. The Bertz CT molecular complexity index is 2150. The molecule has 210 valence electrons. The second-order valence-corrected chi connectivity index (χ2v) is 11.3. The lowest BCUT2D eigenvalue weighted by molar-refractivity contribution is 0.669. The van der Waals surface area contributed by atoms with Crippen molar-refractivity contribution in [3.63, 3.8) is 0 Å². The highest BCUT2D eigenvalue weighted by Crippen LogP contribution is 2.44. The molecule has 0 fully saturated rings. The molecule has 0 unspecified atom stereocenters. The molecule has 8 rings (SSSR count). The van der Waals surface area contributed by atoms with Crippen LogP contribution in [-0.4, -0.2) is 0 Å². The predicted molar refractivity (Wildman–Crippen MR) is 186 cm³/mol. The molecule has 2 heteroatoms. The van der Waals surface area contributed by atoms with E-state index in [9.17, 15) is 0 Å². The maximum atomic E-state index is 6.60. The number of benzene rings is 6. The minimum absolute atomic E-state index is 0.879. The normalized spacial score (nSPS) is 12.9. The summed E-state index contributed by atoms with van der Waals surface area (Å²) in [6.45, 7) is 0. The summed E-state index contributed by atoms with van der Waals surface area (Å²) in [7, 11) is 0. The van der Waals surface area contributed by atoms with Gasteiger partial charge in [0.2, 0.25) is 0 Å². The molecule has 0 saturated heterocycles. The molecule has 0 N–H and O–H groups in total. The fraction of sp³-hybridized carbons (Fsp3) is 0.0476. The Hall–Kier alpha value is -5.60. The van der Waals surface area contributed by atoms with E-state index in [2.05, 4.69) is 157 Å². The molecule has 1 aromatic heterocycles. The van der Waals surface area contributed by atoms with E-state index in [0.717, 1.165) is 51.8 Å². The van der Waals surface area contributed by atoms with Crippen molar-refractivity contribution in [2.45, 2.75) is 12.8 Å². The third-order valence-electron chi connectivity index (χ3n) is 8.47. The van der Waals surface area contributed by atoms with Gasteiger partial charge in [0, 0.05) is 22.1 Å². The topological polar surface area (TPSA) is 16.4 Å². The quantitative estimate of drug-likeness (QED) is 0.199. The molecule has 0 saturated carbocycles. The van der Waals surface area contributed by atoms with Crippen LogP contribution in [0.25, 0.3) is 49.8 Å². The fourth-order valence-electron chi connectivity index (χ4n) is 6.30. The Balaban J connectivity index is 1.37. The monoisotopic (exact) mass is 565 g/mol. The lowest BCUT2D eigenvalue weighted by Crippen LogP contribution is -2.11. The Morgan fingerprint density at radius 1 is 0.477 bits per heavy atom. The molecule has 2 nitrogen and oxygen atoms in total. The van der Waals surface area contributed by atoms with Crippen molar-refractivity contribution < 1.29 is 4.42 Å². The van der Waals surface area contributed by atoms with Crippen molar-refractivity contribution in [3.8, 4) is 22.3 Å². The van der Waals surface area contributed by atoms with Gasteiger partial charge in [-0.1, -0.05) is 121 Å². The summed E-state index contributed by atoms with van der Waals surface area (Å²) < 4.78 is 6.60. The zero-order chi connectivity index (χ0) is 29.3. The minimum Gasteiger partial charge on any atom is -0.454 e. The molecular formula is C42H31NO. The van der Waals surface area contributed by atoms with Crippen LogP contribution in [0.5, 0.6) is 0 Å². The van der Waals surface area contributed by atoms with Crippen LogP contribution in [-0.2, 0) is 0 Å². The molecule has 6 aromatic carbocycles.